The molecular formula is C13H9F2NO4. The summed E-state index contributed by atoms with van der Waals surface area (Å²) in [5.41, 5.74) is -2.08. The van der Waals surface area contributed by atoms with Crippen LogP contribution in [-0.2, 0) is 10.3 Å². The number of aliphatic carboxylic acids is 1. The third-order valence-electron chi connectivity index (χ3n) is 3.52. The number of rotatable bonds is 1. The summed E-state index contributed by atoms with van der Waals surface area (Å²) in [6, 6.07) is 1.87. The number of aromatic nitrogens is 1. The molecule has 0 amide bonds. The van der Waals surface area contributed by atoms with E-state index in [1.54, 1.807) is 0 Å². The van der Waals surface area contributed by atoms with Gasteiger partial charge in [0.25, 0.3) is 0 Å². The lowest BCUT2D eigenvalue weighted by molar-refractivity contribution is -0.148. The van der Waals surface area contributed by atoms with E-state index in [9.17, 15) is 23.5 Å². The zero-order valence-electron chi connectivity index (χ0n) is 10.3. The first-order chi connectivity index (χ1) is 9.36. The minimum atomic E-state index is -1.50. The highest BCUT2D eigenvalue weighted by Gasteiger charge is 2.41. The summed E-state index contributed by atoms with van der Waals surface area (Å²) in [6.07, 6.45) is 1.25. The van der Waals surface area contributed by atoms with Gasteiger partial charge >= 0.3 is 5.97 Å². The molecule has 0 fully saturated rings. The van der Waals surface area contributed by atoms with Gasteiger partial charge in [-0.15, -0.1) is 0 Å². The summed E-state index contributed by atoms with van der Waals surface area (Å²) in [4.78, 5) is 23.2. The van der Waals surface area contributed by atoms with E-state index in [1.165, 1.54) is 17.7 Å². The van der Waals surface area contributed by atoms with Crippen LogP contribution in [-0.4, -0.2) is 22.2 Å². The third kappa shape index (κ3) is 1.40. The fraction of sp³-hybridized carbons (Fsp3) is 0.231. The van der Waals surface area contributed by atoms with Crippen LogP contribution in [0.4, 0.5) is 8.78 Å². The van der Waals surface area contributed by atoms with Crippen molar-refractivity contribution < 1.29 is 23.4 Å². The number of carboxylic acids is 1. The van der Waals surface area contributed by atoms with Crippen molar-refractivity contribution in [3.05, 3.63) is 40.2 Å². The summed E-state index contributed by atoms with van der Waals surface area (Å²) < 4.78 is 33.5. The molecule has 0 saturated carbocycles. The van der Waals surface area contributed by atoms with Crippen LogP contribution in [0, 0.1) is 11.6 Å². The Kier molecular flexibility index (Phi) is 2.38. The van der Waals surface area contributed by atoms with Crippen molar-refractivity contribution in [3.63, 3.8) is 0 Å². The first-order valence-electron chi connectivity index (χ1n) is 5.76. The lowest BCUT2D eigenvalue weighted by Crippen LogP contribution is -2.47. The van der Waals surface area contributed by atoms with Crippen molar-refractivity contribution in [3.8, 4) is 5.75 Å². The molecule has 0 aliphatic carbocycles. The minimum absolute atomic E-state index is 0.0486. The molecule has 20 heavy (non-hydrogen) atoms. The van der Waals surface area contributed by atoms with Crippen molar-refractivity contribution in [1.82, 2.24) is 4.57 Å². The molecule has 1 aliphatic rings. The topological polar surface area (TPSA) is 68.5 Å². The van der Waals surface area contributed by atoms with Gasteiger partial charge in [0.2, 0.25) is 5.82 Å². The maximum Gasteiger partial charge on any atom is 0.333 e. The minimum Gasteiger partial charge on any atom is -0.485 e. The Bertz CT molecular complexity index is 814. The third-order valence-corrected chi connectivity index (χ3v) is 3.52. The van der Waals surface area contributed by atoms with Crippen molar-refractivity contribution in [2.45, 2.75) is 12.5 Å². The second-order valence-corrected chi connectivity index (χ2v) is 4.82. The molecule has 5 nitrogen and oxygen atoms in total. The molecule has 0 spiro atoms. The predicted octanol–water partition coefficient (Wildman–Crippen LogP) is 1.47. The van der Waals surface area contributed by atoms with E-state index in [4.69, 9.17) is 4.74 Å². The van der Waals surface area contributed by atoms with Gasteiger partial charge in [0.05, 0.1) is 10.9 Å². The summed E-state index contributed by atoms with van der Waals surface area (Å²) in [7, 11) is 0. The molecule has 1 atom stereocenters. The Morgan fingerprint density at radius 3 is 2.85 bits per heavy atom. The average Bonchev–Trinajstić information content (AvgIpc) is 2.40. The number of hydrogen-bond acceptors (Lipinski definition) is 3. The number of benzene rings is 1. The number of ether oxygens (including phenoxy) is 1. The van der Waals surface area contributed by atoms with Gasteiger partial charge in [-0.1, -0.05) is 0 Å². The first kappa shape index (κ1) is 12.6. The molecule has 2 aromatic rings. The van der Waals surface area contributed by atoms with E-state index in [0.29, 0.717) is 0 Å². The van der Waals surface area contributed by atoms with Crippen LogP contribution < -0.4 is 10.2 Å². The smallest absolute Gasteiger partial charge is 0.333 e. The lowest BCUT2D eigenvalue weighted by atomic mass is 9.99. The van der Waals surface area contributed by atoms with Gasteiger partial charge in [-0.05, 0) is 13.0 Å². The van der Waals surface area contributed by atoms with Gasteiger partial charge < -0.3 is 14.4 Å². The second kappa shape index (κ2) is 3.78. The van der Waals surface area contributed by atoms with E-state index in [2.05, 4.69) is 0 Å². The van der Waals surface area contributed by atoms with E-state index in [0.717, 1.165) is 12.1 Å². The van der Waals surface area contributed by atoms with Crippen LogP contribution in [0.1, 0.15) is 6.92 Å². The molecular weight excluding hydrogens is 272 g/mol. The molecule has 1 aliphatic heterocycles. The van der Waals surface area contributed by atoms with Gasteiger partial charge in [-0.3, -0.25) is 4.79 Å². The van der Waals surface area contributed by atoms with Gasteiger partial charge in [0.1, 0.15) is 6.61 Å². The maximum atomic E-state index is 13.8. The fourth-order valence-electron chi connectivity index (χ4n) is 2.32. The maximum absolute atomic E-state index is 13.8. The number of carboxylic acid groups (broad SMARTS) is 1. The van der Waals surface area contributed by atoms with E-state index >= 15 is 0 Å². The molecule has 7 heteroatoms. The zero-order valence-corrected chi connectivity index (χ0v) is 10.3. The Labute approximate surface area is 111 Å². The monoisotopic (exact) mass is 281 g/mol. The molecule has 1 aromatic carbocycles. The standard InChI is InChI=1S/C13H9F2NO4/c1-13(12(18)19)5-20-11-9(15)7(14)4-6-8(17)2-3-16(13)10(6)11/h2-4H,5H2,1H3,(H,18,19). The molecule has 2 heterocycles. The van der Waals surface area contributed by atoms with Gasteiger partial charge in [-0.2, -0.15) is 4.39 Å². The number of carbonyl (C=O) groups is 1. The van der Waals surface area contributed by atoms with Crippen molar-refractivity contribution in [2.75, 3.05) is 6.61 Å². The molecule has 3 rings (SSSR count). The van der Waals surface area contributed by atoms with Crippen LogP contribution in [0.15, 0.2) is 23.1 Å². The normalized spacial score (nSPS) is 20.8. The second-order valence-electron chi connectivity index (χ2n) is 4.82. The van der Waals surface area contributed by atoms with E-state index in [1.807, 2.05) is 0 Å². The molecule has 0 radical (unpaired) electrons. The van der Waals surface area contributed by atoms with Gasteiger partial charge in [0.15, 0.2) is 22.5 Å². The summed E-state index contributed by atoms with van der Waals surface area (Å²) >= 11 is 0. The number of halogens is 2. The lowest BCUT2D eigenvalue weighted by Gasteiger charge is -2.34. The van der Waals surface area contributed by atoms with Crippen molar-refractivity contribution in [2.24, 2.45) is 0 Å². The van der Waals surface area contributed by atoms with Crippen molar-refractivity contribution in [1.29, 1.82) is 0 Å². The fourth-order valence-corrected chi connectivity index (χ4v) is 2.32. The van der Waals surface area contributed by atoms with Gasteiger partial charge in [0, 0.05) is 12.3 Å². The van der Waals surface area contributed by atoms with E-state index in [-0.39, 0.29) is 17.5 Å². The molecule has 1 N–H and O–H groups in total. The summed E-state index contributed by atoms with van der Waals surface area (Å²) in [5, 5.41) is 9.20. The number of pyridine rings is 1. The Hall–Kier alpha value is -2.44. The van der Waals surface area contributed by atoms with Crippen molar-refractivity contribution >= 4 is 16.9 Å². The highest BCUT2D eigenvalue weighted by atomic mass is 19.2. The van der Waals surface area contributed by atoms with Crippen LogP contribution in [0.2, 0.25) is 0 Å². The average molecular weight is 281 g/mol. The number of hydrogen-bond donors (Lipinski definition) is 1. The Morgan fingerprint density at radius 2 is 2.20 bits per heavy atom. The molecule has 104 valence electrons. The highest BCUT2D eigenvalue weighted by molar-refractivity contribution is 5.89. The van der Waals surface area contributed by atoms with Crippen LogP contribution in [0.3, 0.4) is 0 Å². The van der Waals surface area contributed by atoms with E-state index < -0.39 is 34.3 Å². The predicted molar refractivity (Wildman–Crippen MR) is 64.9 cm³/mol. The molecule has 1 aromatic heterocycles. The molecule has 1 unspecified atom stereocenters. The van der Waals surface area contributed by atoms with Crippen LogP contribution >= 0.6 is 0 Å². The Balaban J connectivity index is 2.54. The van der Waals surface area contributed by atoms with Crippen LogP contribution in [0.5, 0.6) is 5.75 Å². The number of nitrogens with zero attached hydrogens (tertiary/aromatic N) is 1. The largest absolute Gasteiger partial charge is 0.485 e. The molecule has 0 saturated heterocycles. The van der Waals surface area contributed by atoms with Crippen LogP contribution in [0.25, 0.3) is 10.9 Å². The van der Waals surface area contributed by atoms with Gasteiger partial charge in [-0.25, -0.2) is 9.18 Å². The SMILES string of the molecule is CC1(C(=O)O)COc2c(F)c(F)cc3c(=O)ccn1c23. The Morgan fingerprint density at radius 1 is 1.50 bits per heavy atom. The quantitative estimate of drug-likeness (QED) is 0.859. The highest BCUT2D eigenvalue weighted by Crippen LogP contribution is 2.37. The summed E-state index contributed by atoms with van der Waals surface area (Å²) in [5.74, 6) is -4.07. The first-order valence-corrected chi connectivity index (χ1v) is 5.76. The summed E-state index contributed by atoms with van der Waals surface area (Å²) in [6.45, 7) is 1.01. The molecule has 0 bridgehead atoms. The zero-order chi connectivity index (χ0) is 14.7.